The number of aliphatic hydroxyl groups is 1. The molecule has 7 nitrogen and oxygen atoms in total. The number of carbonyl (C=O) groups excluding carboxylic acids is 2. The number of benzene rings is 2. The van der Waals surface area contributed by atoms with E-state index in [1.807, 2.05) is 0 Å². The average Bonchev–Trinajstić information content (AvgIpc) is 3.24. The van der Waals surface area contributed by atoms with E-state index in [1.54, 1.807) is 6.92 Å². The number of halogens is 4. The van der Waals surface area contributed by atoms with Gasteiger partial charge < -0.3 is 20.3 Å². The minimum absolute atomic E-state index is 0.0403. The highest BCUT2D eigenvalue weighted by Crippen LogP contribution is 2.48. The van der Waals surface area contributed by atoms with E-state index in [9.17, 15) is 32.3 Å². The van der Waals surface area contributed by atoms with Crippen LogP contribution in [-0.4, -0.2) is 41.5 Å². The normalized spacial score (nSPS) is 19.3. The molecule has 2 aromatic carbocycles. The van der Waals surface area contributed by atoms with Crippen molar-refractivity contribution in [3.63, 3.8) is 0 Å². The van der Waals surface area contributed by atoms with Crippen molar-refractivity contribution in [1.82, 2.24) is 4.98 Å². The predicted molar refractivity (Wildman–Crippen MR) is 141 cm³/mol. The fraction of sp³-hybridized carbons (Fsp3) is 0.300. The van der Waals surface area contributed by atoms with Gasteiger partial charge in [0, 0.05) is 35.1 Å². The van der Waals surface area contributed by atoms with Crippen LogP contribution in [0.2, 0.25) is 0 Å². The molecule has 2 heterocycles. The predicted octanol–water partition coefficient (Wildman–Crippen LogP) is 5.01. The van der Waals surface area contributed by atoms with Gasteiger partial charge in [-0.25, -0.2) is 9.37 Å². The van der Waals surface area contributed by atoms with Crippen molar-refractivity contribution in [3.05, 3.63) is 82.3 Å². The third kappa shape index (κ3) is 5.11. The number of carbonyl (C=O) groups is 2. The second-order valence-corrected chi connectivity index (χ2v) is 10.4. The van der Waals surface area contributed by atoms with Crippen molar-refractivity contribution in [2.24, 2.45) is 5.73 Å². The number of pyridine rings is 1. The molecule has 214 valence electrons. The van der Waals surface area contributed by atoms with E-state index in [4.69, 9.17) is 15.2 Å². The largest absolute Gasteiger partial charge is 0.496 e. The Morgan fingerprint density at radius 3 is 2.54 bits per heavy atom. The van der Waals surface area contributed by atoms with E-state index in [2.05, 4.69) is 4.98 Å². The number of rotatable bonds is 7. The average molecular weight is 571 g/mol. The lowest BCUT2D eigenvalue weighted by Gasteiger charge is -2.31. The summed E-state index contributed by atoms with van der Waals surface area (Å²) in [6, 6.07) is 8.82. The van der Waals surface area contributed by atoms with Crippen LogP contribution in [-0.2, 0) is 22.4 Å². The quantitative estimate of drug-likeness (QED) is 0.303. The van der Waals surface area contributed by atoms with Gasteiger partial charge in [-0.3, -0.25) is 9.59 Å². The molecule has 0 saturated heterocycles. The molecule has 0 fully saturated rings. The van der Waals surface area contributed by atoms with Crippen LogP contribution in [0.3, 0.4) is 0 Å². The molecule has 2 unspecified atom stereocenters. The van der Waals surface area contributed by atoms with Crippen LogP contribution in [0.15, 0.2) is 48.5 Å². The van der Waals surface area contributed by atoms with Crippen LogP contribution >= 0.6 is 0 Å². The highest BCUT2D eigenvalue weighted by atomic mass is 19.4. The lowest BCUT2D eigenvalue weighted by Crippen LogP contribution is -2.44. The Balaban J connectivity index is 1.54. The van der Waals surface area contributed by atoms with Crippen LogP contribution in [0.1, 0.15) is 52.5 Å². The standard InChI is InChI=1S/C30H26F4N2O5/c1-28(35)15-41-27-22(28)14-25(36-26(27)16-3-6-19(31)7-4-16)29(39,30(32,33)34)10-9-23(38)18-11-17-5-8-20(37)13-21(17)24(12-18)40-2/h3-8,11-12,14,39H,9-10,13,15,35H2,1-2H3. The van der Waals surface area contributed by atoms with Crippen molar-refractivity contribution >= 4 is 17.6 Å². The van der Waals surface area contributed by atoms with E-state index in [0.717, 1.165) is 18.2 Å². The first-order valence-electron chi connectivity index (χ1n) is 12.7. The third-order valence-corrected chi connectivity index (χ3v) is 7.41. The first kappa shape index (κ1) is 28.4. The lowest BCUT2D eigenvalue weighted by atomic mass is 9.85. The van der Waals surface area contributed by atoms with Gasteiger partial charge in [0.25, 0.3) is 0 Å². The van der Waals surface area contributed by atoms with Gasteiger partial charge in [-0.1, -0.05) is 6.08 Å². The number of fused-ring (bicyclic) bond motifs is 2. The number of hydrogen-bond acceptors (Lipinski definition) is 7. The van der Waals surface area contributed by atoms with E-state index in [1.165, 1.54) is 43.5 Å². The van der Waals surface area contributed by atoms with Crippen molar-refractivity contribution in [2.75, 3.05) is 13.7 Å². The molecule has 3 aromatic rings. The van der Waals surface area contributed by atoms with Crippen LogP contribution in [0.5, 0.6) is 11.5 Å². The summed E-state index contributed by atoms with van der Waals surface area (Å²) in [4.78, 5) is 29.1. The molecular weight excluding hydrogens is 544 g/mol. The number of Topliss-reactive ketones (excluding diaryl/α,β-unsaturated/α-hetero) is 1. The topological polar surface area (TPSA) is 112 Å². The van der Waals surface area contributed by atoms with Crippen molar-refractivity contribution < 1.29 is 41.7 Å². The number of ketones is 2. The molecule has 2 aliphatic rings. The minimum Gasteiger partial charge on any atom is -0.496 e. The van der Waals surface area contributed by atoms with Gasteiger partial charge in [0.15, 0.2) is 17.3 Å². The lowest BCUT2D eigenvalue weighted by molar-refractivity contribution is -0.270. The maximum absolute atomic E-state index is 14.6. The molecular formula is C30H26F4N2O5. The summed E-state index contributed by atoms with van der Waals surface area (Å²) in [6.45, 7) is 1.52. The van der Waals surface area contributed by atoms with Crippen LogP contribution in [0.25, 0.3) is 17.3 Å². The Bertz CT molecular complexity index is 1580. The van der Waals surface area contributed by atoms with Crippen LogP contribution in [0.4, 0.5) is 17.6 Å². The minimum atomic E-state index is -5.23. The first-order valence-corrected chi connectivity index (χ1v) is 12.7. The fourth-order valence-corrected chi connectivity index (χ4v) is 5.04. The van der Waals surface area contributed by atoms with Crippen molar-refractivity contribution in [1.29, 1.82) is 0 Å². The zero-order valence-corrected chi connectivity index (χ0v) is 22.1. The highest BCUT2D eigenvalue weighted by molar-refractivity contribution is 6.01. The van der Waals surface area contributed by atoms with Gasteiger partial charge >= 0.3 is 6.18 Å². The molecule has 2 atom stereocenters. The Morgan fingerprint density at radius 2 is 1.88 bits per heavy atom. The zero-order valence-electron chi connectivity index (χ0n) is 22.1. The molecule has 11 heteroatoms. The summed E-state index contributed by atoms with van der Waals surface area (Å²) in [5.74, 6) is -0.978. The summed E-state index contributed by atoms with van der Waals surface area (Å²) in [5, 5.41) is 11.2. The van der Waals surface area contributed by atoms with Gasteiger partial charge in [0.2, 0.25) is 5.60 Å². The Labute approximate surface area is 232 Å². The summed E-state index contributed by atoms with van der Waals surface area (Å²) in [5.41, 5.74) is 2.42. The number of aromatic nitrogens is 1. The Morgan fingerprint density at radius 1 is 1.17 bits per heavy atom. The van der Waals surface area contributed by atoms with Gasteiger partial charge in [-0.15, -0.1) is 0 Å². The van der Waals surface area contributed by atoms with E-state index in [0.29, 0.717) is 11.1 Å². The number of nitrogens with two attached hydrogens (primary N) is 1. The fourth-order valence-electron chi connectivity index (χ4n) is 5.04. The first-order chi connectivity index (χ1) is 19.2. The summed E-state index contributed by atoms with van der Waals surface area (Å²) < 4.78 is 68.3. The molecule has 0 amide bonds. The molecule has 1 aromatic heterocycles. The van der Waals surface area contributed by atoms with Crippen LogP contribution in [0, 0.1) is 5.82 Å². The van der Waals surface area contributed by atoms with Gasteiger partial charge in [0.1, 0.15) is 23.9 Å². The molecule has 0 spiro atoms. The second-order valence-electron chi connectivity index (χ2n) is 10.4. The monoisotopic (exact) mass is 570 g/mol. The molecule has 0 saturated carbocycles. The number of alkyl halides is 3. The summed E-state index contributed by atoms with van der Waals surface area (Å²) >= 11 is 0. The smallest absolute Gasteiger partial charge is 0.422 e. The number of nitrogens with zero attached hydrogens (tertiary/aromatic N) is 1. The molecule has 1 aliphatic heterocycles. The van der Waals surface area contributed by atoms with Gasteiger partial charge in [0.05, 0.1) is 18.3 Å². The molecule has 0 bridgehead atoms. The molecule has 5 rings (SSSR count). The number of ether oxygens (including phenoxy) is 2. The maximum atomic E-state index is 14.6. The summed E-state index contributed by atoms with van der Waals surface area (Å²) in [6.07, 6.45) is -4.02. The SMILES string of the molecule is COc1cc(C(=O)CCC(O)(c2cc3c(c(-c4ccc(F)cc4)n2)OCC3(C)N)C(F)(F)F)cc2c1CC(=O)C=C2. The van der Waals surface area contributed by atoms with E-state index >= 15 is 0 Å². The Kier molecular flexibility index (Phi) is 6.99. The molecule has 3 N–H and O–H groups in total. The third-order valence-electron chi connectivity index (χ3n) is 7.41. The summed E-state index contributed by atoms with van der Waals surface area (Å²) in [7, 11) is 1.36. The number of allylic oxidation sites excluding steroid dienone is 1. The van der Waals surface area contributed by atoms with Crippen molar-refractivity contribution in [2.45, 2.75) is 43.5 Å². The van der Waals surface area contributed by atoms with Crippen molar-refractivity contribution in [3.8, 4) is 22.8 Å². The van der Waals surface area contributed by atoms with Gasteiger partial charge in [-0.2, -0.15) is 13.2 Å². The molecule has 0 radical (unpaired) electrons. The van der Waals surface area contributed by atoms with E-state index < -0.39 is 47.5 Å². The van der Waals surface area contributed by atoms with Gasteiger partial charge in [-0.05, 0) is 67.4 Å². The number of methoxy groups -OCH3 is 1. The molecule has 41 heavy (non-hydrogen) atoms. The zero-order chi connectivity index (χ0) is 29.7. The highest BCUT2D eigenvalue weighted by Gasteiger charge is 2.56. The van der Waals surface area contributed by atoms with Crippen LogP contribution < -0.4 is 15.2 Å². The molecule has 1 aliphatic carbocycles. The Hall–Kier alpha value is -4.09. The maximum Gasteiger partial charge on any atom is 0.422 e. The second kappa shape index (κ2) is 10.1. The number of hydrogen-bond donors (Lipinski definition) is 2. The van der Waals surface area contributed by atoms with E-state index in [-0.39, 0.29) is 52.7 Å².